The summed E-state index contributed by atoms with van der Waals surface area (Å²) in [7, 11) is 0. The largest absolute Gasteiger partial charge is 0.480 e. The molecular formula is C15H15BrN2O3. The number of carboxylic acids is 1. The van der Waals surface area contributed by atoms with E-state index in [2.05, 4.69) is 26.2 Å². The molecule has 0 radical (unpaired) electrons. The summed E-state index contributed by atoms with van der Waals surface area (Å²) < 4.78 is 0.935. The van der Waals surface area contributed by atoms with Gasteiger partial charge >= 0.3 is 5.97 Å². The minimum atomic E-state index is -1.01. The Morgan fingerprint density at radius 1 is 1.43 bits per heavy atom. The van der Waals surface area contributed by atoms with Crippen LogP contribution in [0, 0.1) is 5.92 Å². The van der Waals surface area contributed by atoms with Crippen molar-refractivity contribution >= 4 is 38.7 Å². The van der Waals surface area contributed by atoms with Crippen molar-refractivity contribution in [1.82, 2.24) is 10.3 Å². The molecule has 3 N–H and O–H groups in total. The third kappa shape index (κ3) is 3.10. The van der Waals surface area contributed by atoms with Gasteiger partial charge in [-0.15, -0.1) is 0 Å². The molecule has 1 heterocycles. The molecular weight excluding hydrogens is 336 g/mol. The molecule has 1 atom stereocenters. The average molecular weight is 351 g/mol. The van der Waals surface area contributed by atoms with Gasteiger partial charge in [0.05, 0.1) is 0 Å². The first-order valence-corrected chi connectivity index (χ1v) is 7.62. The summed E-state index contributed by atoms with van der Waals surface area (Å²) in [5.74, 6) is -1.15. The maximum absolute atomic E-state index is 11.8. The lowest BCUT2D eigenvalue weighted by molar-refractivity contribution is -0.141. The second kappa shape index (κ2) is 5.52. The summed E-state index contributed by atoms with van der Waals surface area (Å²) >= 11 is 3.41. The van der Waals surface area contributed by atoms with Gasteiger partial charge in [-0.25, -0.2) is 4.79 Å². The predicted molar refractivity (Wildman–Crippen MR) is 82.0 cm³/mol. The zero-order valence-electron chi connectivity index (χ0n) is 11.2. The fourth-order valence-electron chi connectivity index (χ4n) is 2.37. The number of rotatable bonds is 5. The minimum absolute atomic E-state index is 0.00367. The van der Waals surface area contributed by atoms with Crippen LogP contribution in [0.3, 0.4) is 0 Å². The number of amides is 1. The maximum atomic E-state index is 11.8. The summed E-state index contributed by atoms with van der Waals surface area (Å²) in [5, 5.41) is 12.9. The number of carboxylic acid groups (broad SMARTS) is 1. The van der Waals surface area contributed by atoms with Crippen LogP contribution in [0.1, 0.15) is 18.4 Å². The van der Waals surface area contributed by atoms with Crippen molar-refractivity contribution in [3.63, 3.8) is 0 Å². The molecule has 6 heteroatoms. The molecule has 1 aromatic carbocycles. The molecule has 1 aromatic heterocycles. The highest BCUT2D eigenvalue weighted by atomic mass is 79.9. The van der Waals surface area contributed by atoms with Crippen molar-refractivity contribution in [2.75, 3.05) is 0 Å². The van der Waals surface area contributed by atoms with Gasteiger partial charge in [-0.2, -0.15) is 0 Å². The summed E-state index contributed by atoms with van der Waals surface area (Å²) in [6.45, 7) is 0. The number of carbonyl (C=O) groups excluding carboxylic acids is 1. The highest BCUT2D eigenvalue weighted by molar-refractivity contribution is 9.10. The quantitative estimate of drug-likeness (QED) is 0.774. The van der Waals surface area contributed by atoms with Gasteiger partial charge in [0.1, 0.15) is 6.04 Å². The van der Waals surface area contributed by atoms with Crippen LogP contribution in [0.4, 0.5) is 0 Å². The van der Waals surface area contributed by atoms with Gasteiger partial charge in [0.2, 0.25) is 5.91 Å². The number of halogens is 1. The molecule has 1 fully saturated rings. The van der Waals surface area contributed by atoms with E-state index in [1.165, 1.54) is 0 Å². The fourth-order valence-corrected chi connectivity index (χ4v) is 2.74. The Balaban J connectivity index is 1.81. The topological polar surface area (TPSA) is 82.2 Å². The predicted octanol–water partition coefficient (Wildman–Crippen LogP) is 2.45. The molecule has 1 unspecified atom stereocenters. The maximum Gasteiger partial charge on any atom is 0.326 e. The fraction of sp³-hybridized carbons (Fsp3) is 0.333. The van der Waals surface area contributed by atoms with Crippen LogP contribution in [0.5, 0.6) is 0 Å². The highest BCUT2D eigenvalue weighted by Gasteiger charge is 2.32. The monoisotopic (exact) mass is 350 g/mol. The number of benzene rings is 1. The Hall–Kier alpha value is -1.82. The van der Waals surface area contributed by atoms with E-state index in [4.69, 9.17) is 0 Å². The van der Waals surface area contributed by atoms with Crippen LogP contribution in [0.2, 0.25) is 0 Å². The Morgan fingerprint density at radius 3 is 2.86 bits per heavy atom. The Morgan fingerprint density at radius 2 is 2.19 bits per heavy atom. The molecule has 0 saturated heterocycles. The number of H-pyrrole nitrogens is 1. The number of aliphatic carboxylic acids is 1. The smallest absolute Gasteiger partial charge is 0.326 e. The molecule has 1 saturated carbocycles. The minimum Gasteiger partial charge on any atom is -0.480 e. The lowest BCUT2D eigenvalue weighted by atomic mass is 10.0. The van der Waals surface area contributed by atoms with E-state index in [-0.39, 0.29) is 18.2 Å². The van der Waals surface area contributed by atoms with Crippen LogP contribution >= 0.6 is 15.9 Å². The van der Waals surface area contributed by atoms with E-state index in [9.17, 15) is 14.7 Å². The van der Waals surface area contributed by atoms with Crippen molar-refractivity contribution in [2.24, 2.45) is 5.92 Å². The summed E-state index contributed by atoms with van der Waals surface area (Å²) in [5.41, 5.74) is 1.83. The van der Waals surface area contributed by atoms with Crippen LogP contribution in [-0.2, 0) is 16.0 Å². The first-order valence-electron chi connectivity index (χ1n) is 6.83. The number of fused-ring (bicyclic) bond motifs is 1. The average Bonchev–Trinajstić information content (AvgIpc) is 3.22. The second-order valence-corrected chi connectivity index (χ2v) is 6.30. The number of nitrogens with one attached hydrogen (secondary N) is 2. The number of hydrogen-bond donors (Lipinski definition) is 3. The summed E-state index contributed by atoms with van der Waals surface area (Å²) in [6, 6.07) is 4.91. The molecule has 3 rings (SSSR count). The number of hydrogen-bond acceptors (Lipinski definition) is 2. The van der Waals surface area contributed by atoms with Gasteiger partial charge in [0.15, 0.2) is 0 Å². The van der Waals surface area contributed by atoms with E-state index in [0.29, 0.717) is 0 Å². The summed E-state index contributed by atoms with van der Waals surface area (Å²) in [6.07, 6.45) is 3.79. The van der Waals surface area contributed by atoms with Gasteiger partial charge < -0.3 is 15.4 Å². The molecule has 0 bridgehead atoms. The van der Waals surface area contributed by atoms with E-state index < -0.39 is 12.0 Å². The van der Waals surface area contributed by atoms with Crippen LogP contribution in [0.15, 0.2) is 28.9 Å². The van der Waals surface area contributed by atoms with Gasteiger partial charge in [-0.3, -0.25) is 4.79 Å². The van der Waals surface area contributed by atoms with E-state index in [0.717, 1.165) is 33.8 Å². The van der Waals surface area contributed by atoms with Crippen LogP contribution in [0.25, 0.3) is 10.9 Å². The van der Waals surface area contributed by atoms with Gasteiger partial charge in [-0.05, 0) is 36.6 Å². The van der Waals surface area contributed by atoms with Gasteiger partial charge in [0, 0.05) is 33.9 Å². The van der Waals surface area contributed by atoms with E-state index >= 15 is 0 Å². The summed E-state index contributed by atoms with van der Waals surface area (Å²) in [4.78, 5) is 26.3. The lowest BCUT2D eigenvalue weighted by Crippen LogP contribution is -2.43. The van der Waals surface area contributed by atoms with E-state index in [1.54, 1.807) is 6.20 Å². The zero-order chi connectivity index (χ0) is 15.0. The Labute approximate surface area is 129 Å². The number of carbonyl (C=O) groups is 2. The standard InChI is InChI=1S/C15H15BrN2O3/c16-10-3-4-12-11(6-10)9(7-17-12)5-13(15(20)21)18-14(19)8-1-2-8/h3-4,6-8,13,17H,1-2,5H2,(H,18,19)(H,20,21). The first kappa shape index (κ1) is 14.1. The molecule has 2 aromatic rings. The molecule has 0 aliphatic heterocycles. The highest BCUT2D eigenvalue weighted by Crippen LogP contribution is 2.29. The van der Waals surface area contributed by atoms with Crippen LogP contribution < -0.4 is 5.32 Å². The van der Waals surface area contributed by atoms with Crippen molar-refractivity contribution in [1.29, 1.82) is 0 Å². The molecule has 5 nitrogen and oxygen atoms in total. The SMILES string of the molecule is O=C(NC(Cc1c[nH]c2ccc(Br)cc12)C(=O)O)C1CC1. The third-order valence-corrected chi connectivity index (χ3v) is 4.21. The second-order valence-electron chi connectivity index (χ2n) is 5.38. The van der Waals surface area contributed by atoms with Crippen molar-refractivity contribution in [3.8, 4) is 0 Å². The van der Waals surface area contributed by atoms with Crippen LogP contribution in [-0.4, -0.2) is 28.0 Å². The molecule has 110 valence electrons. The third-order valence-electron chi connectivity index (χ3n) is 3.72. The lowest BCUT2D eigenvalue weighted by Gasteiger charge is -2.14. The zero-order valence-corrected chi connectivity index (χ0v) is 12.8. The van der Waals surface area contributed by atoms with Gasteiger partial charge in [0.25, 0.3) is 0 Å². The van der Waals surface area contributed by atoms with E-state index in [1.807, 2.05) is 18.2 Å². The Kier molecular flexibility index (Phi) is 3.71. The van der Waals surface area contributed by atoms with Crippen molar-refractivity contribution < 1.29 is 14.7 Å². The first-order chi connectivity index (χ1) is 10.0. The van der Waals surface area contributed by atoms with Crippen molar-refractivity contribution in [2.45, 2.75) is 25.3 Å². The van der Waals surface area contributed by atoms with Gasteiger partial charge in [-0.1, -0.05) is 15.9 Å². The number of aromatic nitrogens is 1. The molecule has 21 heavy (non-hydrogen) atoms. The number of aromatic amines is 1. The molecule has 1 aliphatic carbocycles. The normalized spacial score (nSPS) is 15.9. The molecule has 1 aliphatic rings. The molecule has 0 spiro atoms. The Bertz CT molecular complexity index is 706. The molecule has 1 amide bonds. The van der Waals surface area contributed by atoms with Crippen molar-refractivity contribution in [3.05, 3.63) is 34.4 Å².